The third-order valence-corrected chi connectivity index (χ3v) is 6.15. The van der Waals surface area contributed by atoms with Crippen LogP contribution in [-0.4, -0.2) is 51.1 Å². The Morgan fingerprint density at radius 3 is 2.27 bits per heavy atom. The molecule has 178 valence electrons. The molecule has 7 heteroatoms. The Bertz CT molecular complexity index is 931. The number of hydrogen-bond donors (Lipinski definition) is 2. The van der Waals surface area contributed by atoms with Crippen molar-refractivity contribution < 1.29 is 23.8 Å². The molecule has 1 unspecified atom stereocenters. The van der Waals surface area contributed by atoms with Crippen LogP contribution in [0.1, 0.15) is 48.5 Å². The summed E-state index contributed by atoms with van der Waals surface area (Å²) in [5, 5.41) is 6.41. The number of ketones is 1. The van der Waals surface area contributed by atoms with Crippen molar-refractivity contribution in [2.24, 2.45) is 0 Å². The number of aryl methyl sites for hydroxylation is 1. The van der Waals surface area contributed by atoms with Gasteiger partial charge in [-0.1, -0.05) is 30.3 Å². The predicted octanol–water partition coefficient (Wildman–Crippen LogP) is 3.54. The number of amides is 1. The van der Waals surface area contributed by atoms with E-state index in [9.17, 15) is 9.59 Å². The van der Waals surface area contributed by atoms with Gasteiger partial charge in [0.05, 0.1) is 27.4 Å². The summed E-state index contributed by atoms with van der Waals surface area (Å²) in [7, 11) is 4.56. The fourth-order valence-electron chi connectivity index (χ4n) is 4.25. The van der Waals surface area contributed by atoms with E-state index in [0.717, 1.165) is 31.4 Å². The van der Waals surface area contributed by atoms with Gasteiger partial charge in [0, 0.05) is 17.5 Å². The van der Waals surface area contributed by atoms with Crippen molar-refractivity contribution in [3.05, 3.63) is 53.6 Å². The molecular formula is C26H34N2O5. The molecule has 7 nitrogen and oxygen atoms in total. The monoisotopic (exact) mass is 454 g/mol. The number of rotatable bonds is 11. The molecule has 1 aliphatic heterocycles. The number of ether oxygens (including phenoxy) is 3. The van der Waals surface area contributed by atoms with Gasteiger partial charge in [-0.15, -0.1) is 0 Å². The molecule has 3 rings (SSSR count). The maximum absolute atomic E-state index is 13.4. The van der Waals surface area contributed by atoms with Gasteiger partial charge in [-0.2, -0.15) is 0 Å². The van der Waals surface area contributed by atoms with E-state index in [2.05, 4.69) is 22.8 Å². The summed E-state index contributed by atoms with van der Waals surface area (Å²) in [5.41, 5.74) is 0.898. The molecule has 1 amide bonds. The largest absolute Gasteiger partial charge is 0.493 e. The first-order chi connectivity index (χ1) is 15.9. The van der Waals surface area contributed by atoms with Gasteiger partial charge in [0.15, 0.2) is 17.3 Å². The Balaban J connectivity index is 1.83. The molecular weight excluding hydrogens is 420 g/mol. The smallest absolute Gasteiger partial charge is 0.237 e. The van der Waals surface area contributed by atoms with Crippen LogP contribution in [0, 0.1) is 0 Å². The average molecular weight is 455 g/mol. The first-order valence-corrected chi connectivity index (χ1v) is 11.3. The van der Waals surface area contributed by atoms with Gasteiger partial charge in [-0.3, -0.25) is 9.59 Å². The molecule has 1 aliphatic rings. The molecule has 1 saturated heterocycles. The molecule has 0 aliphatic carbocycles. The van der Waals surface area contributed by atoms with Gasteiger partial charge in [0.1, 0.15) is 0 Å². The van der Waals surface area contributed by atoms with Crippen molar-refractivity contribution in [1.82, 2.24) is 10.6 Å². The highest BCUT2D eigenvalue weighted by Crippen LogP contribution is 2.39. The van der Waals surface area contributed by atoms with Gasteiger partial charge in [0.2, 0.25) is 11.7 Å². The van der Waals surface area contributed by atoms with E-state index in [1.165, 1.54) is 21.3 Å². The quantitative estimate of drug-likeness (QED) is 0.505. The maximum atomic E-state index is 13.4. The standard InChI is InChI=1S/C26H34N2O5/c1-26(13-12-18-9-6-5-7-10-18,28-25(30)20-11-8-14-27-20)17-21(29)19-15-22(31-2)24(33-4)23(16-19)32-3/h5-7,9-10,15-16,20,27H,8,11-14,17H2,1-4H3,(H,28,30)/t20-,26?/m0/s1. The van der Waals surface area contributed by atoms with E-state index >= 15 is 0 Å². The second-order valence-corrected chi connectivity index (χ2v) is 8.70. The van der Waals surface area contributed by atoms with E-state index < -0.39 is 5.54 Å². The lowest BCUT2D eigenvalue weighted by Crippen LogP contribution is -2.53. The molecule has 33 heavy (non-hydrogen) atoms. The molecule has 2 atom stereocenters. The maximum Gasteiger partial charge on any atom is 0.237 e. The van der Waals surface area contributed by atoms with Crippen molar-refractivity contribution in [2.45, 2.75) is 50.6 Å². The minimum absolute atomic E-state index is 0.0549. The van der Waals surface area contributed by atoms with Crippen LogP contribution in [0.5, 0.6) is 17.2 Å². The molecule has 0 aromatic heterocycles. The highest BCUT2D eigenvalue weighted by molar-refractivity contribution is 5.98. The van der Waals surface area contributed by atoms with Crippen LogP contribution >= 0.6 is 0 Å². The van der Waals surface area contributed by atoms with E-state index in [1.54, 1.807) is 12.1 Å². The molecule has 0 bridgehead atoms. The third-order valence-electron chi connectivity index (χ3n) is 6.15. The van der Waals surface area contributed by atoms with Gasteiger partial charge in [-0.05, 0) is 56.8 Å². The summed E-state index contributed by atoms with van der Waals surface area (Å²) in [6.45, 7) is 2.78. The van der Waals surface area contributed by atoms with Crippen molar-refractivity contribution in [3.8, 4) is 17.2 Å². The first kappa shape index (κ1) is 24.6. The molecule has 2 aromatic carbocycles. The lowest BCUT2D eigenvalue weighted by Gasteiger charge is -2.32. The summed E-state index contributed by atoms with van der Waals surface area (Å²) in [4.78, 5) is 26.3. The van der Waals surface area contributed by atoms with E-state index in [-0.39, 0.29) is 24.2 Å². The minimum Gasteiger partial charge on any atom is -0.493 e. The Morgan fingerprint density at radius 2 is 1.73 bits per heavy atom. The number of Topliss-reactive ketones (excluding diaryl/α,β-unsaturated/α-hetero) is 1. The number of carbonyl (C=O) groups excluding carboxylic acids is 2. The molecule has 1 heterocycles. The van der Waals surface area contributed by atoms with Crippen LogP contribution in [-0.2, 0) is 11.2 Å². The van der Waals surface area contributed by atoms with E-state index in [1.807, 2.05) is 25.1 Å². The number of benzene rings is 2. The Labute approximate surface area is 195 Å². The number of nitrogens with one attached hydrogen (secondary N) is 2. The van der Waals surface area contributed by atoms with E-state index in [4.69, 9.17) is 14.2 Å². The lowest BCUT2D eigenvalue weighted by atomic mass is 9.86. The number of carbonyl (C=O) groups is 2. The van der Waals surface area contributed by atoms with Crippen molar-refractivity contribution in [2.75, 3.05) is 27.9 Å². The normalized spacial score (nSPS) is 17.2. The Morgan fingerprint density at radius 1 is 1.06 bits per heavy atom. The molecule has 0 saturated carbocycles. The third kappa shape index (κ3) is 6.26. The zero-order chi connectivity index (χ0) is 23.8. The second-order valence-electron chi connectivity index (χ2n) is 8.70. The summed E-state index contributed by atoms with van der Waals surface area (Å²) < 4.78 is 16.2. The summed E-state index contributed by atoms with van der Waals surface area (Å²) in [5.74, 6) is 1.12. The van der Waals surface area contributed by atoms with Crippen molar-refractivity contribution in [1.29, 1.82) is 0 Å². The molecule has 2 N–H and O–H groups in total. The fraction of sp³-hybridized carbons (Fsp3) is 0.462. The van der Waals surface area contributed by atoms with Gasteiger partial charge in [-0.25, -0.2) is 0 Å². The van der Waals surface area contributed by atoms with Crippen molar-refractivity contribution >= 4 is 11.7 Å². The topological polar surface area (TPSA) is 85.9 Å². The first-order valence-electron chi connectivity index (χ1n) is 11.3. The average Bonchev–Trinajstić information content (AvgIpc) is 3.37. The number of methoxy groups -OCH3 is 3. The summed E-state index contributed by atoms with van der Waals surface area (Å²) >= 11 is 0. The van der Waals surface area contributed by atoms with Crippen LogP contribution < -0.4 is 24.8 Å². The van der Waals surface area contributed by atoms with Gasteiger partial charge < -0.3 is 24.8 Å². The zero-order valence-electron chi connectivity index (χ0n) is 19.9. The molecule has 0 radical (unpaired) electrons. The Kier molecular flexibility index (Phi) is 8.33. The molecule has 2 aromatic rings. The van der Waals surface area contributed by atoms with Crippen molar-refractivity contribution in [3.63, 3.8) is 0 Å². The second kappa shape index (κ2) is 11.2. The van der Waals surface area contributed by atoms with E-state index in [0.29, 0.717) is 29.2 Å². The highest BCUT2D eigenvalue weighted by Gasteiger charge is 2.33. The fourth-order valence-corrected chi connectivity index (χ4v) is 4.25. The van der Waals surface area contributed by atoms with Crippen LogP contribution in [0.3, 0.4) is 0 Å². The minimum atomic E-state index is -0.714. The van der Waals surface area contributed by atoms with Gasteiger partial charge >= 0.3 is 0 Å². The van der Waals surface area contributed by atoms with Crippen LogP contribution in [0.4, 0.5) is 0 Å². The van der Waals surface area contributed by atoms with Gasteiger partial charge in [0.25, 0.3) is 0 Å². The summed E-state index contributed by atoms with van der Waals surface area (Å²) in [6, 6.07) is 13.2. The van der Waals surface area contributed by atoms with Crippen LogP contribution in [0.15, 0.2) is 42.5 Å². The van der Waals surface area contributed by atoms with Crippen LogP contribution in [0.2, 0.25) is 0 Å². The lowest BCUT2D eigenvalue weighted by molar-refractivity contribution is -0.124. The number of hydrogen-bond acceptors (Lipinski definition) is 6. The highest BCUT2D eigenvalue weighted by atomic mass is 16.5. The summed E-state index contributed by atoms with van der Waals surface area (Å²) in [6.07, 6.45) is 3.31. The SMILES string of the molecule is COc1cc(C(=O)CC(C)(CCc2ccccc2)NC(=O)[C@@H]2CCCN2)cc(OC)c1OC. The predicted molar refractivity (Wildman–Crippen MR) is 127 cm³/mol. The molecule has 1 fully saturated rings. The molecule has 0 spiro atoms. The van der Waals surface area contributed by atoms with Crippen LogP contribution in [0.25, 0.3) is 0 Å². The zero-order valence-corrected chi connectivity index (χ0v) is 19.9. The Hall–Kier alpha value is -3.06.